The first-order valence-corrected chi connectivity index (χ1v) is 11.1. The highest BCUT2D eigenvalue weighted by molar-refractivity contribution is 14.0. The number of hydrogen-bond donors (Lipinski definition) is 2. The van der Waals surface area contributed by atoms with Gasteiger partial charge >= 0.3 is 0 Å². The molecule has 2 N–H and O–H groups in total. The zero-order valence-corrected chi connectivity index (χ0v) is 21.3. The first kappa shape index (κ1) is 27.9. The Morgan fingerprint density at radius 3 is 2.46 bits per heavy atom. The normalized spacial score (nSPS) is 17.4. The lowest BCUT2D eigenvalue weighted by molar-refractivity contribution is 0.121. The zero-order valence-electron chi connectivity index (χ0n) is 19.0. The molecular formula is C21H46IN5O. The van der Waals surface area contributed by atoms with Crippen LogP contribution in [0.2, 0.25) is 0 Å². The van der Waals surface area contributed by atoms with Gasteiger partial charge in [0, 0.05) is 32.8 Å². The summed E-state index contributed by atoms with van der Waals surface area (Å²) in [5, 5.41) is 7.01. The van der Waals surface area contributed by atoms with Crippen LogP contribution in [0.15, 0.2) is 4.99 Å². The number of halogens is 1. The van der Waals surface area contributed by atoms with Gasteiger partial charge in [-0.2, -0.15) is 0 Å². The number of likely N-dealkylation sites (tertiary alicyclic amines) is 1. The van der Waals surface area contributed by atoms with Crippen LogP contribution in [0.3, 0.4) is 0 Å². The number of hydrogen-bond acceptors (Lipinski definition) is 4. The number of aliphatic imine (C=N–C) groups is 1. The number of nitrogens with zero attached hydrogens (tertiary/aromatic N) is 3. The van der Waals surface area contributed by atoms with E-state index in [4.69, 9.17) is 9.73 Å². The van der Waals surface area contributed by atoms with Crippen LogP contribution in [0.25, 0.3) is 0 Å². The Bertz CT molecular complexity index is 385. The molecule has 1 fully saturated rings. The fourth-order valence-electron chi connectivity index (χ4n) is 3.62. The average Bonchev–Trinajstić information content (AvgIpc) is 2.69. The van der Waals surface area contributed by atoms with Gasteiger partial charge in [0.05, 0.1) is 6.61 Å². The maximum atomic E-state index is 5.19. The van der Waals surface area contributed by atoms with Gasteiger partial charge in [0.1, 0.15) is 0 Å². The largest absolute Gasteiger partial charge is 0.383 e. The maximum absolute atomic E-state index is 5.19. The van der Waals surface area contributed by atoms with Crippen LogP contribution in [0, 0.1) is 5.92 Å². The van der Waals surface area contributed by atoms with E-state index in [0.717, 1.165) is 45.3 Å². The summed E-state index contributed by atoms with van der Waals surface area (Å²) in [4.78, 5) is 9.88. The third-order valence-electron chi connectivity index (χ3n) is 5.56. The monoisotopic (exact) mass is 511 g/mol. The summed E-state index contributed by atoms with van der Waals surface area (Å²) in [5.74, 6) is 1.69. The van der Waals surface area contributed by atoms with Crippen molar-refractivity contribution in [3.63, 3.8) is 0 Å². The van der Waals surface area contributed by atoms with Crippen molar-refractivity contribution in [3.8, 4) is 0 Å². The van der Waals surface area contributed by atoms with E-state index in [0.29, 0.717) is 12.0 Å². The smallest absolute Gasteiger partial charge is 0.191 e. The molecule has 1 atom stereocenters. The molecule has 6 nitrogen and oxygen atoms in total. The highest BCUT2D eigenvalue weighted by Gasteiger charge is 2.18. The summed E-state index contributed by atoms with van der Waals surface area (Å²) in [7, 11) is 1.78. The van der Waals surface area contributed by atoms with Crippen LogP contribution in [-0.2, 0) is 4.74 Å². The predicted octanol–water partition coefficient (Wildman–Crippen LogP) is 3.03. The minimum Gasteiger partial charge on any atom is -0.383 e. The van der Waals surface area contributed by atoms with Gasteiger partial charge in [-0.25, -0.2) is 0 Å². The van der Waals surface area contributed by atoms with Gasteiger partial charge in [0.2, 0.25) is 0 Å². The van der Waals surface area contributed by atoms with Crippen molar-refractivity contribution in [2.75, 3.05) is 66.1 Å². The second kappa shape index (κ2) is 17.7. The Morgan fingerprint density at radius 2 is 1.89 bits per heavy atom. The maximum Gasteiger partial charge on any atom is 0.191 e. The van der Waals surface area contributed by atoms with E-state index >= 15 is 0 Å². The van der Waals surface area contributed by atoms with Gasteiger partial charge in [-0.1, -0.05) is 13.8 Å². The van der Waals surface area contributed by atoms with E-state index in [1.165, 1.54) is 45.3 Å². The SMILES string of the molecule is CCNC(=NCC1CCN(CCOC)CC1)NC(C)CCCN(CC)CC.I. The Kier molecular flexibility index (Phi) is 17.6. The van der Waals surface area contributed by atoms with Crippen molar-refractivity contribution >= 4 is 29.9 Å². The molecule has 1 heterocycles. The van der Waals surface area contributed by atoms with E-state index in [-0.39, 0.29) is 24.0 Å². The van der Waals surface area contributed by atoms with Crippen molar-refractivity contribution in [1.82, 2.24) is 20.4 Å². The number of piperidine rings is 1. The molecule has 1 saturated heterocycles. The highest BCUT2D eigenvalue weighted by atomic mass is 127. The standard InChI is InChI=1S/C21H45N5O.HI/c1-6-22-21(24-19(4)10-9-13-25(7-2)8-3)23-18-20-11-14-26(15-12-20)16-17-27-5;/h19-20H,6-18H2,1-5H3,(H2,22,23,24);1H. The Morgan fingerprint density at radius 1 is 1.21 bits per heavy atom. The van der Waals surface area contributed by atoms with Crippen molar-refractivity contribution in [3.05, 3.63) is 0 Å². The lowest BCUT2D eigenvalue weighted by Crippen LogP contribution is -2.43. The molecule has 1 unspecified atom stereocenters. The second-order valence-corrected chi connectivity index (χ2v) is 7.71. The van der Waals surface area contributed by atoms with Crippen LogP contribution in [0.5, 0.6) is 0 Å². The Hall–Kier alpha value is -0.120. The molecule has 168 valence electrons. The quantitative estimate of drug-likeness (QED) is 0.226. The van der Waals surface area contributed by atoms with Crippen LogP contribution >= 0.6 is 24.0 Å². The molecule has 0 aromatic carbocycles. The van der Waals surface area contributed by atoms with E-state index in [1.54, 1.807) is 7.11 Å². The second-order valence-electron chi connectivity index (χ2n) is 7.71. The minimum absolute atomic E-state index is 0. The van der Waals surface area contributed by atoms with Crippen molar-refractivity contribution in [2.45, 2.75) is 59.4 Å². The lowest BCUT2D eigenvalue weighted by atomic mass is 9.97. The molecule has 0 amide bonds. The summed E-state index contributed by atoms with van der Waals surface area (Å²) >= 11 is 0. The number of ether oxygens (including phenoxy) is 1. The van der Waals surface area contributed by atoms with E-state index in [1.807, 2.05) is 0 Å². The summed E-state index contributed by atoms with van der Waals surface area (Å²) in [6.45, 7) is 18.4. The number of nitrogens with one attached hydrogen (secondary N) is 2. The van der Waals surface area contributed by atoms with E-state index in [2.05, 4.69) is 48.1 Å². The molecule has 1 aliphatic rings. The molecule has 1 aliphatic heterocycles. The van der Waals surface area contributed by atoms with Gasteiger partial charge in [-0.05, 0) is 78.2 Å². The Balaban J connectivity index is 0.00000729. The highest BCUT2D eigenvalue weighted by Crippen LogP contribution is 2.17. The van der Waals surface area contributed by atoms with Crippen LogP contribution in [0.4, 0.5) is 0 Å². The first-order chi connectivity index (χ1) is 13.1. The summed E-state index contributed by atoms with van der Waals surface area (Å²) in [6.07, 6.45) is 4.89. The summed E-state index contributed by atoms with van der Waals surface area (Å²) in [5.41, 5.74) is 0. The molecule has 0 aliphatic carbocycles. The molecule has 0 aromatic rings. The third-order valence-corrected chi connectivity index (χ3v) is 5.56. The molecule has 0 radical (unpaired) electrons. The molecule has 28 heavy (non-hydrogen) atoms. The zero-order chi connectivity index (χ0) is 19.9. The molecule has 0 aromatic heterocycles. The van der Waals surface area contributed by atoms with Gasteiger partial charge in [-0.15, -0.1) is 24.0 Å². The van der Waals surface area contributed by atoms with E-state index in [9.17, 15) is 0 Å². The molecule has 0 saturated carbocycles. The summed E-state index contributed by atoms with van der Waals surface area (Å²) < 4.78 is 5.19. The first-order valence-electron chi connectivity index (χ1n) is 11.1. The third kappa shape index (κ3) is 12.4. The van der Waals surface area contributed by atoms with Crippen LogP contribution < -0.4 is 10.6 Å². The predicted molar refractivity (Wildman–Crippen MR) is 132 cm³/mol. The number of rotatable bonds is 13. The van der Waals surface area contributed by atoms with Crippen molar-refractivity contribution in [2.24, 2.45) is 10.9 Å². The average molecular weight is 512 g/mol. The Labute approximate surface area is 191 Å². The molecule has 0 bridgehead atoms. The minimum atomic E-state index is 0. The van der Waals surface area contributed by atoms with Crippen molar-refractivity contribution in [1.29, 1.82) is 0 Å². The van der Waals surface area contributed by atoms with Crippen LogP contribution in [-0.4, -0.2) is 87.9 Å². The summed E-state index contributed by atoms with van der Waals surface area (Å²) in [6, 6.07) is 0.453. The molecule has 0 spiro atoms. The fourth-order valence-corrected chi connectivity index (χ4v) is 3.62. The lowest BCUT2D eigenvalue weighted by Gasteiger charge is -2.31. The number of guanidine groups is 1. The molecular weight excluding hydrogens is 465 g/mol. The van der Waals surface area contributed by atoms with Gasteiger partial charge in [0.15, 0.2) is 5.96 Å². The molecule has 7 heteroatoms. The topological polar surface area (TPSA) is 52.1 Å². The number of methoxy groups -OCH3 is 1. The molecule has 1 rings (SSSR count). The fraction of sp³-hybridized carbons (Fsp3) is 0.952. The van der Waals surface area contributed by atoms with Gasteiger partial charge < -0.3 is 25.2 Å². The van der Waals surface area contributed by atoms with Crippen molar-refractivity contribution < 1.29 is 4.74 Å². The van der Waals surface area contributed by atoms with E-state index < -0.39 is 0 Å². The van der Waals surface area contributed by atoms with Gasteiger partial charge in [0.25, 0.3) is 0 Å². The van der Waals surface area contributed by atoms with Gasteiger partial charge in [-0.3, -0.25) is 4.99 Å². The van der Waals surface area contributed by atoms with Crippen LogP contribution in [0.1, 0.15) is 53.4 Å².